The molecule has 3 aliphatic rings. The van der Waals surface area contributed by atoms with Gasteiger partial charge in [0.25, 0.3) is 0 Å². The minimum absolute atomic E-state index is 0.0669. The van der Waals surface area contributed by atoms with Crippen LogP contribution in [0.25, 0.3) is 0 Å². The second kappa shape index (κ2) is 3.06. The third-order valence-corrected chi connectivity index (χ3v) is 4.85. The van der Waals surface area contributed by atoms with Gasteiger partial charge in [-0.1, -0.05) is 20.8 Å². The number of carbonyl (C=O) groups excluding carboxylic acids is 1. The van der Waals surface area contributed by atoms with Crippen molar-refractivity contribution in [3.8, 4) is 0 Å². The molecule has 14 heavy (non-hydrogen) atoms. The average Bonchev–Trinajstić information content (AvgIpc) is 2.16. The number of hydrogen-bond donors (Lipinski definition) is 1. The maximum atomic E-state index is 11.4. The molecule has 79 valence electrons. The van der Waals surface area contributed by atoms with Crippen molar-refractivity contribution in [3.05, 3.63) is 6.61 Å². The quantitative estimate of drug-likeness (QED) is 0.734. The van der Waals surface area contributed by atoms with E-state index < -0.39 is 0 Å². The number of hydrogen-bond acceptors (Lipinski definition) is 2. The highest BCUT2D eigenvalue weighted by Gasteiger charge is 2.57. The summed E-state index contributed by atoms with van der Waals surface area (Å²) in [6, 6.07) is 0. The van der Waals surface area contributed by atoms with Gasteiger partial charge < -0.3 is 5.11 Å². The second-order valence-corrected chi connectivity index (χ2v) is 5.59. The summed E-state index contributed by atoms with van der Waals surface area (Å²) in [5, 5.41) is 8.76. The fourth-order valence-electron chi connectivity index (χ4n) is 3.62. The number of carbonyl (C=O) groups is 1. The van der Waals surface area contributed by atoms with Crippen LogP contribution >= 0.6 is 0 Å². The Bertz CT molecular complexity index is 257. The van der Waals surface area contributed by atoms with Gasteiger partial charge >= 0.3 is 0 Å². The van der Waals surface area contributed by atoms with Crippen molar-refractivity contribution in [3.63, 3.8) is 0 Å². The van der Waals surface area contributed by atoms with Crippen LogP contribution < -0.4 is 0 Å². The molecular weight excluding hydrogens is 176 g/mol. The molecule has 0 aliphatic heterocycles. The molecule has 0 aromatic carbocycles. The fraction of sp³-hybridized carbons (Fsp3) is 0.833. The van der Waals surface area contributed by atoms with Gasteiger partial charge in [-0.2, -0.15) is 0 Å². The predicted molar refractivity (Wildman–Crippen MR) is 53.9 cm³/mol. The molecule has 3 rings (SSSR count). The molecule has 2 heteroatoms. The molecule has 0 aromatic heterocycles. The van der Waals surface area contributed by atoms with E-state index >= 15 is 0 Å². The molecule has 1 N–H and O–H groups in total. The maximum absolute atomic E-state index is 11.4. The van der Waals surface area contributed by atoms with Crippen LogP contribution in [-0.2, 0) is 4.79 Å². The van der Waals surface area contributed by atoms with Gasteiger partial charge in [0.1, 0.15) is 6.61 Å². The normalized spacial score (nSPS) is 44.3. The molecule has 0 spiro atoms. The lowest BCUT2D eigenvalue weighted by Gasteiger charge is -2.61. The Kier molecular flexibility index (Phi) is 2.22. The van der Waals surface area contributed by atoms with Crippen molar-refractivity contribution in [1.82, 2.24) is 0 Å². The highest BCUT2D eigenvalue weighted by Crippen LogP contribution is 2.63. The molecule has 0 saturated heterocycles. The van der Waals surface area contributed by atoms with E-state index in [1.54, 1.807) is 0 Å². The highest BCUT2D eigenvalue weighted by molar-refractivity contribution is 5.87. The highest BCUT2D eigenvalue weighted by atomic mass is 16.3. The zero-order valence-corrected chi connectivity index (χ0v) is 9.16. The van der Waals surface area contributed by atoms with Crippen LogP contribution in [0, 0.1) is 35.7 Å². The Labute approximate surface area is 85.7 Å². The summed E-state index contributed by atoms with van der Waals surface area (Å²) in [6.45, 7) is 7.55. The predicted octanol–water partition coefficient (Wildman–Crippen LogP) is 2.41. The summed E-state index contributed by atoms with van der Waals surface area (Å²) in [6.07, 6.45) is 2.25. The molecular formula is C12H19O2. The van der Waals surface area contributed by atoms with Crippen LogP contribution in [0.15, 0.2) is 0 Å². The van der Waals surface area contributed by atoms with Gasteiger partial charge in [0, 0.05) is 5.92 Å². The molecule has 3 fully saturated rings. The summed E-state index contributed by atoms with van der Waals surface area (Å²) in [7, 11) is 0. The minimum Gasteiger partial charge on any atom is -0.382 e. The zero-order chi connectivity index (χ0) is 10.5. The van der Waals surface area contributed by atoms with E-state index in [1.165, 1.54) is 6.42 Å². The van der Waals surface area contributed by atoms with Gasteiger partial charge in [-0.05, 0) is 36.0 Å². The van der Waals surface area contributed by atoms with Gasteiger partial charge in [-0.25, -0.2) is 0 Å². The monoisotopic (exact) mass is 195 g/mol. The Morgan fingerprint density at radius 2 is 2.07 bits per heavy atom. The van der Waals surface area contributed by atoms with E-state index in [-0.39, 0.29) is 11.7 Å². The summed E-state index contributed by atoms with van der Waals surface area (Å²) in [4.78, 5) is 11.4. The topological polar surface area (TPSA) is 37.3 Å². The van der Waals surface area contributed by atoms with Gasteiger partial charge in [0.15, 0.2) is 5.78 Å². The third kappa shape index (κ3) is 1.16. The smallest absolute Gasteiger partial charge is 0.167 e. The van der Waals surface area contributed by atoms with E-state index in [1.807, 2.05) is 0 Å². The molecule has 1 radical (unpaired) electrons. The lowest BCUT2D eigenvalue weighted by molar-refractivity contribution is -0.151. The third-order valence-electron chi connectivity index (χ3n) is 4.85. The number of aliphatic hydroxyl groups is 1. The summed E-state index contributed by atoms with van der Waals surface area (Å²) >= 11 is 0. The van der Waals surface area contributed by atoms with E-state index in [0.29, 0.717) is 23.2 Å². The van der Waals surface area contributed by atoms with Crippen LogP contribution in [0.1, 0.15) is 33.6 Å². The Morgan fingerprint density at radius 1 is 1.43 bits per heavy atom. The Balaban J connectivity index is 2.12. The number of rotatable bonds is 2. The van der Waals surface area contributed by atoms with E-state index in [4.69, 9.17) is 5.11 Å². The summed E-state index contributed by atoms with van der Waals surface area (Å²) in [5.41, 5.74) is 0.422. The van der Waals surface area contributed by atoms with Gasteiger partial charge in [-0.15, -0.1) is 0 Å². The van der Waals surface area contributed by atoms with Crippen molar-refractivity contribution in [2.45, 2.75) is 33.6 Å². The van der Waals surface area contributed by atoms with Crippen LogP contribution in [0.4, 0.5) is 0 Å². The Hall–Kier alpha value is -0.370. The van der Waals surface area contributed by atoms with Gasteiger partial charge in [-0.3, -0.25) is 4.79 Å². The first-order valence-corrected chi connectivity index (χ1v) is 5.49. The SMILES string of the molecule is CC1C(C(=O)[CH]O)CC2CC1C2(C)C. The molecule has 3 saturated carbocycles. The molecule has 0 heterocycles. The largest absolute Gasteiger partial charge is 0.382 e. The first kappa shape index (κ1) is 10.2. The van der Waals surface area contributed by atoms with E-state index in [2.05, 4.69) is 20.8 Å². The van der Waals surface area contributed by atoms with Crippen molar-refractivity contribution < 1.29 is 9.90 Å². The molecule has 2 bridgehead atoms. The fourth-order valence-corrected chi connectivity index (χ4v) is 3.62. The van der Waals surface area contributed by atoms with E-state index in [9.17, 15) is 4.79 Å². The lowest BCUT2D eigenvalue weighted by atomic mass is 9.43. The first-order valence-electron chi connectivity index (χ1n) is 5.49. The Morgan fingerprint density at radius 3 is 2.50 bits per heavy atom. The van der Waals surface area contributed by atoms with Gasteiger partial charge in [0.2, 0.25) is 0 Å². The molecule has 2 nitrogen and oxygen atoms in total. The van der Waals surface area contributed by atoms with Crippen molar-refractivity contribution in [2.75, 3.05) is 0 Å². The molecule has 3 aliphatic carbocycles. The summed E-state index contributed by atoms with van der Waals surface area (Å²) < 4.78 is 0. The number of ketones is 1. The van der Waals surface area contributed by atoms with Crippen molar-refractivity contribution in [2.24, 2.45) is 29.1 Å². The van der Waals surface area contributed by atoms with Crippen LogP contribution in [-0.4, -0.2) is 10.9 Å². The van der Waals surface area contributed by atoms with Crippen molar-refractivity contribution >= 4 is 5.78 Å². The number of Topliss-reactive ketones (excluding diaryl/α,β-unsaturated/α-hetero) is 1. The summed E-state index contributed by atoms with van der Waals surface area (Å²) in [5.74, 6) is 1.82. The zero-order valence-electron chi connectivity index (χ0n) is 9.16. The molecule has 4 unspecified atom stereocenters. The first-order chi connectivity index (χ1) is 6.48. The van der Waals surface area contributed by atoms with Crippen molar-refractivity contribution in [1.29, 1.82) is 0 Å². The molecule has 4 atom stereocenters. The van der Waals surface area contributed by atoms with Crippen LogP contribution in [0.2, 0.25) is 0 Å². The number of fused-ring (bicyclic) bond motifs is 2. The number of aliphatic hydroxyl groups excluding tert-OH is 1. The average molecular weight is 195 g/mol. The van der Waals surface area contributed by atoms with Crippen LogP contribution in [0.5, 0.6) is 0 Å². The van der Waals surface area contributed by atoms with E-state index in [0.717, 1.165) is 13.0 Å². The van der Waals surface area contributed by atoms with Crippen LogP contribution in [0.3, 0.4) is 0 Å². The lowest BCUT2D eigenvalue weighted by Crippen LogP contribution is -2.56. The standard InChI is InChI=1S/C12H19O2/c1-7-9(11(14)6-13)4-8-5-10(7)12(8,2)3/h6-10,13H,4-5H2,1-3H3. The molecule has 0 amide bonds. The molecule has 0 aromatic rings. The minimum atomic E-state index is -0.0669. The maximum Gasteiger partial charge on any atom is 0.167 e. The second-order valence-electron chi connectivity index (χ2n) is 5.59. The van der Waals surface area contributed by atoms with Gasteiger partial charge in [0.05, 0.1) is 0 Å².